The summed E-state index contributed by atoms with van der Waals surface area (Å²) in [5.41, 5.74) is 1.68. The highest BCUT2D eigenvalue weighted by atomic mass is 79.9. The van der Waals surface area contributed by atoms with Crippen molar-refractivity contribution in [3.05, 3.63) is 63.5 Å². The minimum absolute atomic E-state index is 0.103. The molecule has 1 amide bonds. The molecule has 3 rings (SSSR count). The number of nitrogens with zero attached hydrogens (tertiary/aromatic N) is 1. The number of benzene rings is 2. The molecule has 1 saturated heterocycles. The molecule has 0 saturated carbocycles. The van der Waals surface area contributed by atoms with Crippen molar-refractivity contribution in [1.82, 2.24) is 0 Å². The average molecular weight is 420 g/mol. The number of amides is 1. The molecule has 1 heterocycles. The topological polar surface area (TPSA) is 29.5 Å². The van der Waals surface area contributed by atoms with Crippen LogP contribution < -0.4 is 9.64 Å². The van der Waals surface area contributed by atoms with Crippen molar-refractivity contribution < 1.29 is 9.53 Å². The van der Waals surface area contributed by atoms with Gasteiger partial charge in [0.05, 0.1) is 17.2 Å². The lowest BCUT2D eigenvalue weighted by Gasteiger charge is -2.14. The number of rotatable bonds is 4. The number of hydrogen-bond donors (Lipinski definition) is 0. The van der Waals surface area contributed by atoms with E-state index in [1.807, 2.05) is 61.5 Å². The molecule has 2 aromatic carbocycles. The van der Waals surface area contributed by atoms with Crippen LogP contribution in [0, 0.1) is 0 Å². The third kappa shape index (κ3) is 3.71. The lowest BCUT2D eigenvalue weighted by Crippen LogP contribution is -2.27. The first-order valence-corrected chi connectivity index (χ1v) is 9.36. The average Bonchev–Trinajstić information content (AvgIpc) is 2.83. The van der Waals surface area contributed by atoms with Gasteiger partial charge >= 0.3 is 0 Å². The molecule has 0 aromatic heterocycles. The second-order valence-corrected chi connectivity index (χ2v) is 7.59. The predicted octanol–water partition coefficient (Wildman–Crippen LogP) is 5.25. The molecule has 1 aliphatic rings. The zero-order valence-corrected chi connectivity index (χ0v) is 16.1. The van der Waals surface area contributed by atoms with Gasteiger partial charge in [-0.1, -0.05) is 52.0 Å². The molecule has 0 bridgehead atoms. The van der Waals surface area contributed by atoms with Gasteiger partial charge in [-0.2, -0.15) is 0 Å². The quantitative estimate of drug-likeness (QED) is 0.499. The second kappa shape index (κ2) is 7.51. The van der Waals surface area contributed by atoms with Crippen LogP contribution in [0.4, 0.5) is 5.69 Å². The van der Waals surface area contributed by atoms with Crippen molar-refractivity contribution in [2.75, 3.05) is 11.5 Å². The summed E-state index contributed by atoms with van der Waals surface area (Å²) in [6.45, 7) is 2.55. The van der Waals surface area contributed by atoms with E-state index in [9.17, 15) is 4.79 Å². The van der Waals surface area contributed by atoms with Gasteiger partial charge in [-0.25, -0.2) is 0 Å². The van der Waals surface area contributed by atoms with Gasteiger partial charge in [-0.3, -0.25) is 9.69 Å². The van der Waals surface area contributed by atoms with Crippen LogP contribution in [-0.2, 0) is 4.79 Å². The normalized spacial score (nSPS) is 16.1. The molecule has 1 aliphatic heterocycles. The van der Waals surface area contributed by atoms with Gasteiger partial charge in [-0.15, -0.1) is 0 Å². The van der Waals surface area contributed by atoms with E-state index in [2.05, 4.69) is 15.9 Å². The van der Waals surface area contributed by atoms with E-state index >= 15 is 0 Å². The Morgan fingerprint density at radius 2 is 2.00 bits per heavy atom. The first-order valence-electron chi connectivity index (χ1n) is 7.35. The molecular weight excluding hydrogens is 406 g/mol. The van der Waals surface area contributed by atoms with Gasteiger partial charge in [-0.05, 0) is 55.0 Å². The highest BCUT2D eigenvalue weighted by Gasteiger charge is 2.33. The van der Waals surface area contributed by atoms with Crippen molar-refractivity contribution in [2.45, 2.75) is 6.92 Å². The standard InChI is InChI=1S/C18H14BrNO2S2/c1-2-22-15-5-3-4-12(10-15)11-16-17(21)20(18(23)24-16)14-8-6-13(19)7-9-14/h3-11H,2H2,1H3/b16-11-. The summed E-state index contributed by atoms with van der Waals surface area (Å²) in [7, 11) is 0. The molecule has 122 valence electrons. The molecule has 0 aliphatic carbocycles. The minimum Gasteiger partial charge on any atom is -0.494 e. The molecule has 0 atom stereocenters. The third-order valence-corrected chi connectivity index (χ3v) is 5.18. The summed E-state index contributed by atoms with van der Waals surface area (Å²) in [6.07, 6.45) is 1.85. The van der Waals surface area contributed by atoms with Crippen LogP contribution in [0.15, 0.2) is 57.9 Å². The van der Waals surface area contributed by atoms with Gasteiger partial charge < -0.3 is 4.74 Å². The second-order valence-electron chi connectivity index (χ2n) is 5.00. The lowest BCUT2D eigenvalue weighted by atomic mass is 10.2. The fraction of sp³-hybridized carbons (Fsp3) is 0.111. The summed E-state index contributed by atoms with van der Waals surface area (Å²) in [5, 5.41) is 0. The minimum atomic E-state index is -0.103. The molecule has 1 fully saturated rings. The van der Waals surface area contributed by atoms with Gasteiger partial charge in [0.1, 0.15) is 5.75 Å². The number of ether oxygens (including phenoxy) is 1. The number of halogens is 1. The van der Waals surface area contributed by atoms with Crippen molar-refractivity contribution in [3.8, 4) is 5.75 Å². The monoisotopic (exact) mass is 419 g/mol. The Bertz CT molecular complexity index is 818. The molecular formula is C18H14BrNO2S2. The maximum Gasteiger partial charge on any atom is 0.270 e. The summed E-state index contributed by atoms with van der Waals surface area (Å²) in [4.78, 5) is 14.9. The molecule has 0 radical (unpaired) electrons. The first-order chi connectivity index (χ1) is 11.6. The smallest absolute Gasteiger partial charge is 0.270 e. The highest BCUT2D eigenvalue weighted by Crippen LogP contribution is 2.36. The number of thiocarbonyl (C=S) groups is 1. The number of carbonyl (C=O) groups is 1. The van der Waals surface area contributed by atoms with Crippen molar-refractivity contribution in [1.29, 1.82) is 0 Å². The molecule has 0 unspecified atom stereocenters. The molecule has 6 heteroatoms. The van der Waals surface area contributed by atoms with Gasteiger partial charge in [0.25, 0.3) is 5.91 Å². The van der Waals surface area contributed by atoms with Crippen LogP contribution >= 0.6 is 39.9 Å². The van der Waals surface area contributed by atoms with Gasteiger partial charge in [0, 0.05) is 4.47 Å². The Hall–Kier alpha value is -1.63. The maximum atomic E-state index is 12.7. The number of anilines is 1. The van der Waals surface area contributed by atoms with Crippen LogP contribution in [0.25, 0.3) is 6.08 Å². The van der Waals surface area contributed by atoms with Crippen LogP contribution in [0.1, 0.15) is 12.5 Å². The van der Waals surface area contributed by atoms with Crippen molar-refractivity contribution in [3.63, 3.8) is 0 Å². The molecule has 0 spiro atoms. The van der Waals surface area contributed by atoms with Gasteiger partial charge in [0.15, 0.2) is 4.32 Å². The summed E-state index contributed by atoms with van der Waals surface area (Å²) >= 11 is 10.1. The zero-order valence-electron chi connectivity index (χ0n) is 12.9. The molecule has 3 nitrogen and oxygen atoms in total. The van der Waals surface area contributed by atoms with Crippen molar-refractivity contribution in [2.24, 2.45) is 0 Å². The van der Waals surface area contributed by atoms with Crippen LogP contribution in [0.5, 0.6) is 5.75 Å². The summed E-state index contributed by atoms with van der Waals surface area (Å²) < 4.78 is 6.99. The fourth-order valence-corrected chi connectivity index (χ4v) is 3.86. The SMILES string of the molecule is CCOc1cccc(/C=C2\SC(=S)N(c3ccc(Br)cc3)C2=O)c1. The van der Waals surface area contributed by atoms with Gasteiger partial charge in [0.2, 0.25) is 0 Å². The third-order valence-electron chi connectivity index (χ3n) is 3.35. The van der Waals surface area contributed by atoms with Crippen LogP contribution in [0.3, 0.4) is 0 Å². The fourth-order valence-electron chi connectivity index (χ4n) is 2.29. The van der Waals surface area contributed by atoms with E-state index in [1.54, 1.807) is 4.90 Å². The summed E-state index contributed by atoms with van der Waals surface area (Å²) in [6, 6.07) is 15.2. The van der Waals surface area contributed by atoms with Crippen LogP contribution in [0.2, 0.25) is 0 Å². The number of carbonyl (C=O) groups excluding carboxylic acids is 1. The molecule has 2 aromatic rings. The summed E-state index contributed by atoms with van der Waals surface area (Å²) in [5.74, 6) is 0.684. The molecule has 24 heavy (non-hydrogen) atoms. The van der Waals surface area contributed by atoms with E-state index in [4.69, 9.17) is 17.0 Å². The van der Waals surface area contributed by atoms with E-state index in [0.29, 0.717) is 15.8 Å². The largest absolute Gasteiger partial charge is 0.494 e. The Morgan fingerprint density at radius 3 is 2.71 bits per heavy atom. The first kappa shape index (κ1) is 17.2. The highest BCUT2D eigenvalue weighted by molar-refractivity contribution is 9.10. The Balaban J connectivity index is 1.88. The van der Waals surface area contributed by atoms with E-state index < -0.39 is 0 Å². The number of thioether (sulfide) groups is 1. The van der Waals surface area contributed by atoms with Crippen molar-refractivity contribution >= 4 is 61.9 Å². The number of hydrogen-bond acceptors (Lipinski definition) is 4. The zero-order chi connectivity index (χ0) is 17.1. The Morgan fingerprint density at radius 1 is 1.25 bits per heavy atom. The lowest BCUT2D eigenvalue weighted by molar-refractivity contribution is -0.113. The van der Waals surface area contributed by atoms with E-state index in [0.717, 1.165) is 21.5 Å². The maximum absolute atomic E-state index is 12.7. The Kier molecular flexibility index (Phi) is 5.38. The van der Waals surface area contributed by atoms with E-state index in [-0.39, 0.29) is 5.91 Å². The predicted molar refractivity (Wildman–Crippen MR) is 107 cm³/mol. The van der Waals surface area contributed by atoms with Crippen LogP contribution in [-0.4, -0.2) is 16.8 Å². The molecule has 0 N–H and O–H groups in total. The Labute approximate surface area is 158 Å². The van der Waals surface area contributed by atoms with E-state index in [1.165, 1.54) is 11.8 Å².